The maximum Gasteiger partial charge on any atom is 0.313 e. The molecule has 2 N–H and O–H groups in total. The van der Waals surface area contributed by atoms with Gasteiger partial charge >= 0.3 is 47.8 Å². The van der Waals surface area contributed by atoms with Crippen molar-refractivity contribution in [3.05, 3.63) is 0 Å². The molecule has 14 unspecified atom stereocenters. The summed E-state index contributed by atoms with van der Waals surface area (Å²) in [5, 5.41) is 21.3. The van der Waals surface area contributed by atoms with Crippen LogP contribution in [0, 0.1) is 133 Å². The number of carbonyl (C=O) groups is 8. The van der Waals surface area contributed by atoms with Crippen LogP contribution in [-0.4, -0.2) is 130 Å². The Balaban J connectivity index is 0.000000119. The molecule has 20 heteroatoms. The molecule has 0 aromatic heterocycles. The van der Waals surface area contributed by atoms with Gasteiger partial charge in [-0.25, -0.2) is 0 Å². The minimum Gasteiger partial charge on any atom is -0.459 e. The topological polar surface area (TPSA) is 269 Å². The molecule has 0 spiro atoms. The van der Waals surface area contributed by atoms with Crippen LogP contribution in [0.15, 0.2) is 0 Å². The summed E-state index contributed by atoms with van der Waals surface area (Å²) in [6.07, 6.45) is 33.8. The Morgan fingerprint density at radius 1 is 0.342 bits per heavy atom. The predicted octanol–water partition coefficient (Wildman–Crippen LogP) is 17.6. The average molecular weight is 1600 g/mol. The molecule has 20 nitrogen and oxygen atoms in total. The number of aliphatic hydroxyl groups is 2. The lowest BCUT2D eigenvalue weighted by Crippen LogP contribution is -2.61. The number of hydrogen-bond acceptors (Lipinski definition) is 20. The van der Waals surface area contributed by atoms with E-state index in [0.717, 1.165) is 157 Å². The van der Waals surface area contributed by atoms with E-state index in [1.54, 1.807) is 0 Å². The lowest BCUT2D eigenvalue weighted by Gasteiger charge is -2.59. The predicted molar refractivity (Wildman–Crippen MR) is 426 cm³/mol. The van der Waals surface area contributed by atoms with Gasteiger partial charge in [-0.2, -0.15) is 0 Å². The smallest absolute Gasteiger partial charge is 0.313 e. The fraction of sp³-hybridized carbons (Fsp3) is 0.915. The average Bonchev–Trinajstić information content (AvgIpc) is 1.34. The molecule has 114 heavy (non-hydrogen) atoms. The number of esters is 8. The second kappa shape index (κ2) is 32.5. The molecule has 2 saturated heterocycles. The zero-order chi connectivity index (χ0) is 82.6. The van der Waals surface area contributed by atoms with Crippen LogP contribution in [-0.2, 0) is 85.7 Å². The standard InChI is InChI=1S/2C17H28O3.2C16H26O3.2C14H20O4/c1-4-16(2,3)15(18)19-11-20-17-8-12-5-13(9-17)7-14(6-12)10-17;1-4-17(2,3)16(18)20-10-19-15-13-6-11-5-12(8-13)9-14(15)7-11;2*1-4-14(2,3)13(17)19-16-8-11-5-12(9-16)7-15(18,6-11)10-16;2*1-4-14(2,3)13(16)18-10-7-5-8-9(6-7)12(15)17-11(8)10/h12-14H,4-11H2,1-3H3;11-15H,4-10H2,1-3H3;2*11-12,18H,4-10H2,1-3H3;2*7-11H,4-6H2,1-3H3. The van der Waals surface area contributed by atoms with Crippen LogP contribution in [0.1, 0.15) is 337 Å². The number of fused-ring (bicyclic) bond motifs is 2. The van der Waals surface area contributed by atoms with Crippen molar-refractivity contribution in [1.82, 2.24) is 0 Å². The summed E-state index contributed by atoms with van der Waals surface area (Å²) in [4.78, 5) is 96.2. The van der Waals surface area contributed by atoms with Gasteiger partial charge in [-0.3, -0.25) is 38.4 Å². The van der Waals surface area contributed by atoms with Crippen molar-refractivity contribution < 1.29 is 95.9 Å². The molecular weight excluding hydrogens is 1450 g/mol. The molecule has 644 valence electrons. The fourth-order valence-corrected chi connectivity index (χ4v) is 25.9. The minimum atomic E-state index is -0.555. The molecule has 22 fully saturated rings. The Hall–Kier alpha value is -4.40. The van der Waals surface area contributed by atoms with Gasteiger partial charge in [0.05, 0.1) is 67.2 Å². The largest absolute Gasteiger partial charge is 0.459 e. The Morgan fingerprint density at radius 2 is 0.632 bits per heavy atom. The van der Waals surface area contributed by atoms with E-state index in [1.807, 2.05) is 125 Å². The van der Waals surface area contributed by atoms with Gasteiger partial charge in [0.1, 0.15) is 35.6 Å². The van der Waals surface area contributed by atoms with Crippen LogP contribution in [0.2, 0.25) is 0 Å². The maximum atomic E-state index is 12.4. The first-order valence-corrected chi connectivity index (χ1v) is 45.7. The normalized spacial score (nSPS) is 41.5. The second-order valence-electron chi connectivity index (χ2n) is 44.9. The Bertz CT molecular complexity index is 3280. The number of ether oxygens (including phenoxy) is 10. The van der Waals surface area contributed by atoms with E-state index in [2.05, 4.69) is 0 Å². The van der Waals surface area contributed by atoms with Crippen molar-refractivity contribution in [3.8, 4) is 0 Å². The van der Waals surface area contributed by atoms with Gasteiger partial charge in [0.15, 0.2) is 13.6 Å². The molecule has 20 saturated carbocycles. The molecule has 14 atom stereocenters. The van der Waals surface area contributed by atoms with E-state index in [4.69, 9.17) is 47.4 Å². The minimum absolute atomic E-state index is 0.0331. The summed E-state index contributed by atoms with van der Waals surface area (Å²) in [7, 11) is 0. The third kappa shape index (κ3) is 18.1. The highest BCUT2D eigenvalue weighted by Crippen LogP contribution is 2.63. The first-order chi connectivity index (χ1) is 53.3. The maximum absolute atomic E-state index is 12.4. The van der Waals surface area contributed by atoms with Crippen LogP contribution in [0.3, 0.4) is 0 Å². The zero-order valence-corrected chi connectivity index (χ0v) is 73.2. The molecule has 0 amide bonds. The molecule has 2 heterocycles. The summed E-state index contributed by atoms with van der Waals surface area (Å²) in [6, 6.07) is 0. The summed E-state index contributed by atoms with van der Waals surface area (Å²) in [5.74, 6) is 8.67. The first kappa shape index (κ1) is 87.4. The molecule has 0 radical (unpaired) electrons. The molecule has 0 aromatic carbocycles. The van der Waals surface area contributed by atoms with Gasteiger partial charge in [0.25, 0.3) is 0 Å². The molecule has 20 aliphatic carbocycles. The Kier molecular flexibility index (Phi) is 24.9. The van der Waals surface area contributed by atoms with E-state index < -0.39 is 43.7 Å². The SMILES string of the molecule is CCC(C)(C)C(=O)OC12CC3CC(CC(O)(C3)C1)C2.CCC(C)(C)C(=O)OC12CC3CC(CC(O)(C3)C1)C2.CCC(C)(C)C(=O)OC1C2CC3C(=O)OC1C3C2.CCC(C)(C)C(=O)OC1C2CC3C(=O)OC1C3C2.CCC(C)(C)C(=O)OCOC12CC3CC(CC(C3)C1)C2.CCC(C)(C)C(=O)OCOC1C2CC3CC(C2)CC1C3. The quantitative estimate of drug-likeness (QED) is 0.0579. The summed E-state index contributed by atoms with van der Waals surface area (Å²) in [5.41, 5.74) is -4.32. The van der Waals surface area contributed by atoms with Crippen LogP contribution in [0.25, 0.3) is 0 Å². The third-order valence-corrected chi connectivity index (χ3v) is 33.6. The van der Waals surface area contributed by atoms with Crippen LogP contribution in [0.5, 0.6) is 0 Å². The summed E-state index contributed by atoms with van der Waals surface area (Å²) in [6.45, 7) is 35.4. The van der Waals surface area contributed by atoms with Crippen molar-refractivity contribution in [2.75, 3.05) is 13.6 Å². The lowest BCUT2D eigenvalue weighted by atomic mass is 9.52. The second-order valence-corrected chi connectivity index (χ2v) is 44.9. The highest BCUT2D eigenvalue weighted by Gasteiger charge is 2.67. The lowest BCUT2D eigenvalue weighted by molar-refractivity contribution is -0.226. The van der Waals surface area contributed by atoms with E-state index >= 15 is 0 Å². The van der Waals surface area contributed by atoms with Crippen LogP contribution in [0.4, 0.5) is 0 Å². The van der Waals surface area contributed by atoms with Crippen molar-refractivity contribution in [3.63, 3.8) is 0 Å². The Labute approximate surface area is 682 Å². The van der Waals surface area contributed by atoms with Crippen molar-refractivity contribution in [1.29, 1.82) is 0 Å². The number of hydrogen-bond donors (Lipinski definition) is 2. The zero-order valence-electron chi connectivity index (χ0n) is 73.2. The van der Waals surface area contributed by atoms with Crippen molar-refractivity contribution in [2.45, 2.75) is 395 Å². The van der Waals surface area contributed by atoms with E-state index in [1.165, 1.54) is 83.5 Å². The number of carbonyl (C=O) groups excluding carboxylic acids is 8. The van der Waals surface area contributed by atoms with Crippen LogP contribution < -0.4 is 0 Å². The van der Waals surface area contributed by atoms with Crippen LogP contribution >= 0.6 is 0 Å². The van der Waals surface area contributed by atoms with E-state index in [-0.39, 0.29) is 114 Å². The molecule has 22 rings (SSSR count). The van der Waals surface area contributed by atoms with Gasteiger partial charge in [-0.1, -0.05) is 41.5 Å². The fourth-order valence-electron chi connectivity index (χ4n) is 25.9. The summed E-state index contributed by atoms with van der Waals surface area (Å²) >= 11 is 0. The molecule has 0 aromatic rings. The molecule has 20 bridgehead atoms. The van der Waals surface area contributed by atoms with Crippen molar-refractivity contribution >= 4 is 47.8 Å². The third-order valence-electron chi connectivity index (χ3n) is 33.6. The number of rotatable bonds is 22. The first-order valence-electron chi connectivity index (χ1n) is 45.7. The van der Waals surface area contributed by atoms with Gasteiger partial charge in [0, 0.05) is 36.5 Å². The molecule has 22 aliphatic rings. The highest BCUT2D eigenvalue weighted by atomic mass is 16.7. The monoisotopic (exact) mass is 1600 g/mol. The van der Waals surface area contributed by atoms with Gasteiger partial charge in [-0.05, 0) is 347 Å². The van der Waals surface area contributed by atoms with E-state index in [9.17, 15) is 48.6 Å². The molecule has 2 aliphatic heterocycles. The van der Waals surface area contributed by atoms with Crippen molar-refractivity contribution in [2.24, 2.45) is 133 Å². The highest BCUT2D eigenvalue weighted by molar-refractivity contribution is 5.80. The van der Waals surface area contributed by atoms with E-state index in [0.29, 0.717) is 66.3 Å². The molecular formula is C94H148O20. The van der Waals surface area contributed by atoms with Gasteiger partial charge in [-0.15, -0.1) is 0 Å². The Morgan fingerprint density at radius 3 is 0.965 bits per heavy atom. The summed E-state index contributed by atoms with van der Waals surface area (Å²) < 4.78 is 56.9. The van der Waals surface area contributed by atoms with Gasteiger partial charge < -0.3 is 57.6 Å². The van der Waals surface area contributed by atoms with Gasteiger partial charge in [0.2, 0.25) is 0 Å².